The van der Waals surface area contributed by atoms with Gasteiger partial charge in [-0.3, -0.25) is 9.59 Å². The number of nitrogens with one attached hydrogen (secondary N) is 1. The molecule has 96 valence electrons. The molecular weight excluding hydrogens is 244 g/mol. The Morgan fingerprint density at radius 2 is 2.26 bits per heavy atom. The number of aromatic nitrogens is 3. The molecule has 0 radical (unpaired) electrons. The normalized spacial score (nSPS) is 10.2. The molecule has 0 spiro atoms. The number of aryl methyl sites for hydroxylation is 1. The minimum absolute atomic E-state index is 0.0341. The van der Waals surface area contributed by atoms with Gasteiger partial charge in [0.05, 0.1) is 11.4 Å². The van der Waals surface area contributed by atoms with Gasteiger partial charge in [-0.1, -0.05) is 0 Å². The minimum Gasteiger partial charge on any atom is -0.359 e. The van der Waals surface area contributed by atoms with Crippen LogP contribution in [0.25, 0.3) is 0 Å². The summed E-state index contributed by atoms with van der Waals surface area (Å²) in [5.41, 5.74) is 1.02. The summed E-state index contributed by atoms with van der Waals surface area (Å²) in [7, 11) is 0. The van der Waals surface area contributed by atoms with Crippen molar-refractivity contribution in [3.8, 4) is 6.07 Å². The van der Waals surface area contributed by atoms with Crippen LogP contribution >= 0.6 is 0 Å². The van der Waals surface area contributed by atoms with Gasteiger partial charge < -0.3 is 4.98 Å². The summed E-state index contributed by atoms with van der Waals surface area (Å²) in [6.45, 7) is 3.18. The van der Waals surface area contributed by atoms with Crippen LogP contribution in [-0.4, -0.2) is 20.5 Å². The van der Waals surface area contributed by atoms with Crippen LogP contribution in [0.2, 0.25) is 0 Å². The van der Waals surface area contributed by atoms with Gasteiger partial charge in [-0.05, 0) is 31.5 Å². The van der Waals surface area contributed by atoms with Crippen molar-refractivity contribution in [3.63, 3.8) is 0 Å². The number of hydrogen-bond donors (Lipinski definition) is 1. The predicted molar refractivity (Wildman–Crippen MR) is 67.8 cm³/mol. The first-order valence-corrected chi connectivity index (χ1v) is 5.69. The van der Waals surface area contributed by atoms with Crippen molar-refractivity contribution in [2.24, 2.45) is 0 Å². The van der Waals surface area contributed by atoms with Crippen molar-refractivity contribution in [1.29, 1.82) is 5.26 Å². The van der Waals surface area contributed by atoms with E-state index in [1.54, 1.807) is 32.2 Å². The van der Waals surface area contributed by atoms with Crippen LogP contribution in [0.1, 0.15) is 27.3 Å². The Labute approximate surface area is 109 Å². The Morgan fingerprint density at radius 3 is 2.84 bits per heavy atom. The van der Waals surface area contributed by atoms with Crippen LogP contribution in [0.4, 0.5) is 0 Å². The Balaban J connectivity index is 2.43. The van der Waals surface area contributed by atoms with Crippen molar-refractivity contribution in [3.05, 3.63) is 51.2 Å². The quantitative estimate of drug-likeness (QED) is 0.827. The summed E-state index contributed by atoms with van der Waals surface area (Å²) in [5, 5.41) is 13.0. The number of nitriles is 1. The molecule has 0 saturated heterocycles. The molecule has 0 amide bonds. The molecule has 0 bridgehead atoms. The second kappa shape index (κ2) is 4.90. The molecular formula is C13H12N4O2. The van der Waals surface area contributed by atoms with Crippen LogP contribution < -0.4 is 5.56 Å². The van der Waals surface area contributed by atoms with E-state index in [2.05, 4.69) is 10.1 Å². The van der Waals surface area contributed by atoms with Crippen LogP contribution in [0, 0.1) is 25.2 Å². The molecule has 6 heteroatoms. The molecule has 2 rings (SSSR count). The first-order chi connectivity index (χ1) is 9.04. The molecule has 6 nitrogen and oxygen atoms in total. The summed E-state index contributed by atoms with van der Waals surface area (Å²) < 4.78 is 1.03. The monoisotopic (exact) mass is 256 g/mol. The lowest BCUT2D eigenvalue weighted by Crippen LogP contribution is -2.30. The summed E-state index contributed by atoms with van der Waals surface area (Å²) in [4.78, 5) is 26.7. The molecule has 2 aromatic heterocycles. The first kappa shape index (κ1) is 12.8. The third-order valence-electron chi connectivity index (χ3n) is 2.94. The van der Waals surface area contributed by atoms with Gasteiger partial charge >= 0.3 is 0 Å². The summed E-state index contributed by atoms with van der Waals surface area (Å²) in [6, 6.07) is 5.18. The lowest BCUT2D eigenvalue weighted by atomic mass is 10.1. The summed E-state index contributed by atoms with van der Waals surface area (Å²) >= 11 is 0. The zero-order chi connectivity index (χ0) is 14.0. The van der Waals surface area contributed by atoms with Crippen molar-refractivity contribution < 1.29 is 4.79 Å². The molecule has 2 heterocycles. The van der Waals surface area contributed by atoms with E-state index in [0.717, 1.165) is 4.68 Å². The molecule has 0 unspecified atom stereocenters. The minimum atomic E-state index is -0.537. The highest BCUT2D eigenvalue weighted by molar-refractivity contribution is 5.94. The zero-order valence-electron chi connectivity index (χ0n) is 10.6. The van der Waals surface area contributed by atoms with Crippen LogP contribution in [0.15, 0.2) is 23.1 Å². The molecule has 0 aliphatic carbocycles. The van der Waals surface area contributed by atoms with Crippen molar-refractivity contribution in [2.45, 2.75) is 20.4 Å². The number of hydrogen-bond acceptors (Lipinski definition) is 4. The molecule has 0 aromatic carbocycles. The molecule has 0 aliphatic heterocycles. The number of aromatic amines is 1. The Morgan fingerprint density at radius 1 is 1.53 bits per heavy atom. The molecule has 0 aliphatic rings. The van der Waals surface area contributed by atoms with Gasteiger partial charge in [-0.15, -0.1) is 0 Å². The fourth-order valence-electron chi connectivity index (χ4n) is 1.74. The van der Waals surface area contributed by atoms with Gasteiger partial charge in [0, 0.05) is 6.20 Å². The zero-order valence-corrected chi connectivity index (χ0v) is 10.6. The summed E-state index contributed by atoms with van der Waals surface area (Å²) in [6.07, 6.45) is 1.63. The topological polar surface area (TPSA) is 91.5 Å². The maximum atomic E-state index is 12.0. The molecule has 19 heavy (non-hydrogen) atoms. The Kier molecular flexibility index (Phi) is 3.29. The standard InChI is InChI=1S/C13H12N4O2/c1-8-9(2)16-17(13(19)10(8)6-14)7-12(18)11-4-3-5-15-11/h3-5,15H,7H2,1-2H3. The van der Waals surface area contributed by atoms with Gasteiger partial charge in [-0.2, -0.15) is 10.4 Å². The van der Waals surface area contributed by atoms with E-state index in [4.69, 9.17) is 5.26 Å². The largest absolute Gasteiger partial charge is 0.359 e. The third-order valence-corrected chi connectivity index (χ3v) is 2.94. The van der Waals surface area contributed by atoms with Crippen LogP contribution in [0.3, 0.4) is 0 Å². The molecule has 0 fully saturated rings. The van der Waals surface area contributed by atoms with Crippen molar-refractivity contribution >= 4 is 5.78 Å². The second-order valence-electron chi connectivity index (χ2n) is 4.17. The van der Waals surface area contributed by atoms with Crippen molar-refractivity contribution in [2.75, 3.05) is 0 Å². The fourth-order valence-corrected chi connectivity index (χ4v) is 1.74. The van der Waals surface area contributed by atoms with Gasteiger partial charge in [-0.25, -0.2) is 4.68 Å². The van der Waals surface area contributed by atoms with Gasteiger partial charge in [0.2, 0.25) is 5.78 Å². The van der Waals surface area contributed by atoms with Gasteiger partial charge in [0.25, 0.3) is 5.56 Å². The first-order valence-electron chi connectivity index (χ1n) is 5.69. The van der Waals surface area contributed by atoms with E-state index in [-0.39, 0.29) is 17.9 Å². The number of ketones is 1. The highest BCUT2D eigenvalue weighted by atomic mass is 16.1. The van der Waals surface area contributed by atoms with Crippen LogP contribution in [-0.2, 0) is 6.54 Å². The number of H-pyrrole nitrogens is 1. The fraction of sp³-hybridized carbons (Fsp3) is 0.231. The molecule has 0 saturated carbocycles. The van der Waals surface area contributed by atoms with Gasteiger partial charge in [0.1, 0.15) is 18.2 Å². The third kappa shape index (κ3) is 2.31. The number of nitrogens with zero attached hydrogens (tertiary/aromatic N) is 3. The van der Waals surface area contributed by atoms with E-state index in [0.29, 0.717) is 17.0 Å². The lowest BCUT2D eigenvalue weighted by Gasteiger charge is -2.07. The Hall–Kier alpha value is -2.68. The predicted octanol–water partition coefficient (Wildman–Crippen LogP) is 0.943. The SMILES string of the molecule is Cc1nn(CC(=O)c2ccc[nH]2)c(=O)c(C#N)c1C. The van der Waals surface area contributed by atoms with E-state index < -0.39 is 5.56 Å². The van der Waals surface area contributed by atoms with Gasteiger partial charge in [0.15, 0.2) is 0 Å². The number of Topliss-reactive ketones (excluding diaryl/α,β-unsaturated/α-hetero) is 1. The molecule has 1 N–H and O–H groups in total. The maximum Gasteiger partial charge on any atom is 0.285 e. The van der Waals surface area contributed by atoms with E-state index in [1.165, 1.54) is 0 Å². The Bertz CT molecular complexity index is 720. The van der Waals surface area contributed by atoms with Crippen molar-refractivity contribution in [1.82, 2.24) is 14.8 Å². The molecule has 2 aromatic rings. The lowest BCUT2D eigenvalue weighted by molar-refractivity contribution is 0.0961. The number of rotatable bonds is 3. The average molecular weight is 256 g/mol. The van der Waals surface area contributed by atoms with E-state index >= 15 is 0 Å². The average Bonchev–Trinajstić information content (AvgIpc) is 2.90. The molecule has 0 atom stereocenters. The second-order valence-corrected chi connectivity index (χ2v) is 4.17. The number of carbonyl (C=O) groups excluding carboxylic acids is 1. The number of carbonyl (C=O) groups is 1. The highest BCUT2D eigenvalue weighted by Crippen LogP contribution is 2.05. The maximum absolute atomic E-state index is 12.0. The van der Waals surface area contributed by atoms with E-state index in [9.17, 15) is 9.59 Å². The smallest absolute Gasteiger partial charge is 0.285 e. The summed E-state index contributed by atoms with van der Waals surface area (Å²) in [5.74, 6) is -0.258. The van der Waals surface area contributed by atoms with E-state index in [1.807, 2.05) is 6.07 Å². The highest BCUT2D eigenvalue weighted by Gasteiger charge is 2.15. The van der Waals surface area contributed by atoms with Crippen LogP contribution in [0.5, 0.6) is 0 Å².